The van der Waals surface area contributed by atoms with Crippen molar-refractivity contribution in [3.8, 4) is 11.1 Å². The van der Waals surface area contributed by atoms with Crippen LogP contribution >= 0.6 is 15.9 Å². The van der Waals surface area contributed by atoms with Gasteiger partial charge in [-0.2, -0.15) is 5.06 Å². The van der Waals surface area contributed by atoms with E-state index in [4.69, 9.17) is 19.0 Å². The maximum absolute atomic E-state index is 13.2. The molecule has 180 valence electrons. The Hall–Kier alpha value is -3.20. The summed E-state index contributed by atoms with van der Waals surface area (Å²) in [5.74, 6) is -0.731. The number of halogens is 1. The van der Waals surface area contributed by atoms with E-state index >= 15 is 0 Å². The average Bonchev–Trinajstić information content (AvgIpc) is 3.21. The molecule has 1 fully saturated rings. The van der Waals surface area contributed by atoms with Gasteiger partial charge in [-0.25, -0.2) is 14.4 Å². The van der Waals surface area contributed by atoms with Crippen molar-refractivity contribution in [2.45, 2.75) is 25.2 Å². The van der Waals surface area contributed by atoms with Crippen LogP contribution in [0.25, 0.3) is 11.1 Å². The van der Waals surface area contributed by atoms with Gasteiger partial charge in [0, 0.05) is 16.0 Å². The summed E-state index contributed by atoms with van der Waals surface area (Å²) in [6.45, 7) is 1.89. The predicted octanol–water partition coefficient (Wildman–Crippen LogP) is 5.59. The molecule has 35 heavy (non-hydrogen) atoms. The van der Waals surface area contributed by atoms with E-state index in [0.717, 1.165) is 31.8 Å². The molecular weight excluding hydrogens is 514 g/mol. The van der Waals surface area contributed by atoms with Crippen LogP contribution in [0.5, 0.6) is 0 Å². The molecule has 0 aromatic heterocycles. The van der Waals surface area contributed by atoms with Gasteiger partial charge in [0.15, 0.2) is 6.04 Å². The zero-order valence-electron chi connectivity index (χ0n) is 19.1. The molecule has 1 aliphatic carbocycles. The Labute approximate surface area is 211 Å². The third kappa shape index (κ3) is 4.69. The maximum atomic E-state index is 13.2. The third-order valence-corrected chi connectivity index (χ3v) is 6.64. The molecule has 0 bridgehead atoms. The normalized spacial score (nSPS) is 19.1. The van der Waals surface area contributed by atoms with Crippen LogP contribution in [0.2, 0.25) is 0 Å². The van der Waals surface area contributed by atoms with Gasteiger partial charge in [-0.05, 0) is 41.3 Å². The second-order valence-corrected chi connectivity index (χ2v) is 9.14. The first-order valence-electron chi connectivity index (χ1n) is 11.4. The lowest BCUT2D eigenvalue weighted by Gasteiger charge is -2.36. The molecule has 0 saturated carbocycles. The number of carbonyl (C=O) groups is 2. The maximum Gasteiger partial charge on any atom is 0.435 e. The highest BCUT2D eigenvalue weighted by Gasteiger charge is 2.41. The number of nitrogens with zero attached hydrogens (tertiary/aromatic N) is 1. The van der Waals surface area contributed by atoms with Crippen molar-refractivity contribution < 1.29 is 28.6 Å². The number of esters is 1. The van der Waals surface area contributed by atoms with Crippen molar-refractivity contribution in [3.05, 3.63) is 94.0 Å². The zero-order chi connectivity index (χ0) is 24.4. The van der Waals surface area contributed by atoms with Crippen LogP contribution in [-0.2, 0) is 23.8 Å². The van der Waals surface area contributed by atoms with Crippen LogP contribution in [-0.4, -0.2) is 43.0 Å². The number of ether oxygens (including phenoxy) is 3. The Morgan fingerprint density at radius 1 is 0.943 bits per heavy atom. The van der Waals surface area contributed by atoms with Crippen molar-refractivity contribution >= 4 is 28.0 Å². The summed E-state index contributed by atoms with van der Waals surface area (Å²) in [6.07, 6.45) is -1.63. The van der Waals surface area contributed by atoms with Crippen LogP contribution in [0.15, 0.2) is 77.3 Å². The molecule has 0 radical (unpaired) electrons. The van der Waals surface area contributed by atoms with Gasteiger partial charge in [-0.15, -0.1) is 0 Å². The van der Waals surface area contributed by atoms with E-state index in [1.807, 2.05) is 60.7 Å². The molecule has 8 heteroatoms. The van der Waals surface area contributed by atoms with E-state index in [-0.39, 0.29) is 25.7 Å². The molecule has 1 saturated heterocycles. The molecule has 3 aromatic carbocycles. The fraction of sp³-hybridized carbons (Fsp3) is 0.259. The molecular formula is C27H24BrNO6. The minimum absolute atomic E-state index is 0.0796. The molecule has 3 aromatic rings. The van der Waals surface area contributed by atoms with Gasteiger partial charge in [-0.3, -0.25) is 0 Å². The SMILES string of the molecule is CCOC(=O)[C@@H]1COC(c2ccc(Br)cc2)ON1C(=O)OCC1c2ccccc2-c2ccccc21. The smallest absolute Gasteiger partial charge is 0.435 e. The number of hydroxylamine groups is 2. The minimum Gasteiger partial charge on any atom is -0.464 e. The summed E-state index contributed by atoms with van der Waals surface area (Å²) in [5.41, 5.74) is 5.16. The lowest BCUT2D eigenvalue weighted by Crippen LogP contribution is -2.53. The molecule has 5 rings (SSSR count). The summed E-state index contributed by atoms with van der Waals surface area (Å²) in [6, 6.07) is 22.4. The first-order valence-corrected chi connectivity index (χ1v) is 12.2. The average molecular weight is 538 g/mol. The first kappa shape index (κ1) is 23.5. The number of benzene rings is 3. The second-order valence-electron chi connectivity index (χ2n) is 8.22. The monoisotopic (exact) mass is 537 g/mol. The van der Waals surface area contributed by atoms with Crippen molar-refractivity contribution in [2.75, 3.05) is 19.8 Å². The minimum atomic E-state index is -1.07. The van der Waals surface area contributed by atoms with Crippen molar-refractivity contribution in [1.29, 1.82) is 0 Å². The second kappa shape index (κ2) is 10.2. The summed E-state index contributed by atoms with van der Waals surface area (Å²) in [5, 5.41) is 0.945. The third-order valence-electron chi connectivity index (χ3n) is 6.11. The molecule has 7 nitrogen and oxygen atoms in total. The van der Waals surface area contributed by atoms with Crippen LogP contribution in [0.4, 0.5) is 4.79 Å². The number of amides is 1. The Balaban J connectivity index is 1.35. The summed E-state index contributed by atoms with van der Waals surface area (Å²) in [4.78, 5) is 31.6. The van der Waals surface area contributed by atoms with Gasteiger partial charge in [0.25, 0.3) is 0 Å². The fourth-order valence-electron chi connectivity index (χ4n) is 4.46. The van der Waals surface area contributed by atoms with Crippen molar-refractivity contribution in [3.63, 3.8) is 0 Å². The van der Waals surface area contributed by atoms with Gasteiger partial charge < -0.3 is 14.2 Å². The van der Waals surface area contributed by atoms with Crippen molar-refractivity contribution in [2.24, 2.45) is 0 Å². The Bertz CT molecular complexity index is 1180. The molecule has 1 heterocycles. The number of fused-ring (bicyclic) bond motifs is 3. The van der Waals surface area contributed by atoms with E-state index in [0.29, 0.717) is 5.56 Å². The number of hydrogen-bond donors (Lipinski definition) is 0. The van der Waals surface area contributed by atoms with Crippen molar-refractivity contribution in [1.82, 2.24) is 5.06 Å². The molecule has 0 N–H and O–H groups in total. The van der Waals surface area contributed by atoms with E-state index < -0.39 is 24.4 Å². The first-order chi connectivity index (χ1) is 17.1. The van der Waals surface area contributed by atoms with Crippen LogP contribution in [0.3, 0.4) is 0 Å². The zero-order valence-corrected chi connectivity index (χ0v) is 20.6. The molecule has 1 amide bonds. The molecule has 2 aliphatic rings. The predicted molar refractivity (Wildman–Crippen MR) is 131 cm³/mol. The van der Waals surface area contributed by atoms with Gasteiger partial charge >= 0.3 is 12.1 Å². The Morgan fingerprint density at radius 2 is 1.57 bits per heavy atom. The number of hydrogen-bond acceptors (Lipinski definition) is 6. The van der Waals surface area contributed by atoms with E-state index in [1.54, 1.807) is 6.92 Å². The lowest BCUT2D eigenvalue weighted by molar-refractivity contribution is -0.324. The van der Waals surface area contributed by atoms with Gasteiger partial charge in [0.05, 0.1) is 13.2 Å². The topological polar surface area (TPSA) is 74.3 Å². The summed E-state index contributed by atoms with van der Waals surface area (Å²) < 4.78 is 17.5. The van der Waals surface area contributed by atoms with E-state index in [9.17, 15) is 9.59 Å². The summed E-state index contributed by atoms with van der Waals surface area (Å²) in [7, 11) is 0. The molecule has 1 aliphatic heterocycles. The highest BCUT2D eigenvalue weighted by Crippen LogP contribution is 2.44. The highest BCUT2D eigenvalue weighted by molar-refractivity contribution is 9.10. The van der Waals surface area contributed by atoms with Crippen LogP contribution in [0, 0.1) is 0 Å². The quantitative estimate of drug-likeness (QED) is 0.395. The van der Waals surface area contributed by atoms with Crippen LogP contribution < -0.4 is 0 Å². The Kier molecular flexibility index (Phi) is 6.86. The Morgan fingerprint density at radius 3 is 2.20 bits per heavy atom. The summed E-state index contributed by atoms with van der Waals surface area (Å²) >= 11 is 3.40. The van der Waals surface area contributed by atoms with Gasteiger partial charge in [-0.1, -0.05) is 76.6 Å². The van der Waals surface area contributed by atoms with Gasteiger partial charge in [0.2, 0.25) is 6.29 Å². The number of rotatable bonds is 5. The van der Waals surface area contributed by atoms with Gasteiger partial charge in [0.1, 0.15) is 6.61 Å². The van der Waals surface area contributed by atoms with Crippen LogP contribution in [0.1, 0.15) is 35.8 Å². The molecule has 2 atom stereocenters. The standard InChI is InChI=1S/C27H24BrNO6/c1-2-32-25(30)24-16-33-26(17-11-13-18(28)14-12-17)35-29(24)27(31)34-15-23-21-9-5-3-7-19(21)20-8-4-6-10-22(20)23/h3-14,23-24,26H,2,15-16H2,1H3/t24-,26?/m0/s1. The van der Waals surface area contributed by atoms with E-state index in [1.165, 1.54) is 0 Å². The number of carbonyl (C=O) groups excluding carboxylic acids is 2. The largest absolute Gasteiger partial charge is 0.464 e. The molecule has 0 spiro atoms. The fourth-order valence-corrected chi connectivity index (χ4v) is 4.72. The lowest BCUT2D eigenvalue weighted by atomic mass is 9.98. The highest BCUT2D eigenvalue weighted by atomic mass is 79.9. The molecule has 1 unspecified atom stereocenters. The van der Waals surface area contributed by atoms with E-state index in [2.05, 4.69) is 28.1 Å².